The summed E-state index contributed by atoms with van der Waals surface area (Å²) in [6, 6.07) is 17.1. The van der Waals surface area contributed by atoms with Crippen molar-refractivity contribution in [1.82, 2.24) is 0 Å². The summed E-state index contributed by atoms with van der Waals surface area (Å²) in [4.78, 5) is -0.650. The van der Waals surface area contributed by atoms with Crippen LogP contribution in [-0.2, 0) is 25.8 Å². The van der Waals surface area contributed by atoms with Crippen LogP contribution in [0.25, 0.3) is 0 Å². The van der Waals surface area contributed by atoms with Gasteiger partial charge in [-0.15, -0.1) is 0 Å². The van der Waals surface area contributed by atoms with Crippen LogP contribution < -0.4 is 0 Å². The van der Waals surface area contributed by atoms with E-state index in [0.29, 0.717) is 16.7 Å². The highest BCUT2D eigenvalue weighted by atomic mass is 32.2. The number of hydrogen-bond donors (Lipinski definition) is 3. The standard InChI is InChI=1S/C20H18O7S2/c1-14-2-4-15(5-3-14)20(21,16-6-10-18(11-7-16)28(22,23)24)17-8-12-19(13-9-17)29(25,26)27/h2-13,21H,1H3,(H,22,23,24)(H,25,26,27). The molecule has 29 heavy (non-hydrogen) atoms. The highest BCUT2D eigenvalue weighted by Gasteiger charge is 2.34. The molecule has 9 heteroatoms. The molecule has 152 valence electrons. The Bertz CT molecular complexity index is 1150. The Balaban J connectivity index is 2.21. The zero-order valence-corrected chi connectivity index (χ0v) is 16.9. The van der Waals surface area contributed by atoms with E-state index in [4.69, 9.17) is 0 Å². The Morgan fingerprint density at radius 2 is 0.862 bits per heavy atom. The average Bonchev–Trinajstić information content (AvgIpc) is 2.67. The molecule has 0 bridgehead atoms. The normalized spacial score (nSPS) is 12.7. The van der Waals surface area contributed by atoms with Crippen LogP contribution in [0.3, 0.4) is 0 Å². The van der Waals surface area contributed by atoms with Crippen molar-refractivity contribution in [3.05, 3.63) is 95.1 Å². The first kappa shape index (κ1) is 21.2. The number of hydrogen-bond acceptors (Lipinski definition) is 5. The molecular weight excluding hydrogens is 416 g/mol. The Morgan fingerprint density at radius 3 is 1.14 bits per heavy atom. The van der Waals surface area contributed by atoms with Crippen LogP contribution in [0.4, 0.5) is 0 Å². The van der Waals surface area contributed by atoms with Gasteiger partial charge in [-0.25, -0.2) is 0 Å². The molecule has 0 aromatic heterocycles. The minimum Gasteiger partial charge on any atom is -0.376 e. The summed E-state index contributed by atoms with van der Waals surface area (Å²) in [6.07, 6.45) is 0. The number of rotatable bonds is 5. The fraction of sp³-hybridized carbons (Fsp3) is 0.100. The zero-order valence-electron chi connectivity index (χ0n) is 15.2. The third kappa shape index (κ3) is 4.24. The molecule has 0 unspecified atom stereocenters. The van der Waals surface area contributed by atoms with Crippen LogP contribution >= 0.6 is 0 Å². The summed E-state index contributed by atoms with van der Waals surface area (Å²) < 4.78 is 63.6. The van der Waals surface area contributed by atoms with Crippen molar-refractivity contribution >= 4 is 20.2 Å². The lowest BCUT2D eigenvalue weighted by atomic mass is 9.80. The molecule has 0 saturated heterocycles. The molecule has 0 spiro atoms. The van der Waals surface area contributed by atoms with Gasteiger partial charge in [0.2, 0.25) is 0 Å². The van der Waals surface area contributed by atoms with Crippen molar-refractivity contribution in [2.24, 2.45) is 0 Å². The Labute approximate surface area is 168 Å². The van der Waals surface area contributed by atoms with Crippen molar-refractivity contribution in [2.45, 2.75) is 22.3 Å². The molecule has 0 aliphatic carbocycles. The van der Waals surface area contributed by atoms with Gasteiger partial charge < -0.3 is 5.11 Å². The molecular formula is C20H18O7S2. The predicted molar refractivity (Wildman–Crippen MR) is 106 cm³/mol. The molecule has 3 aromatic rings. The van der Waals surface area contributed by atoms with Crippen LogP contribution in [0.1, 0.15) is 22.3 Å². The monoisotopic (exact) mass is 434 g/mol. The van der Waals surface area contributed by atoms with Crippen molar-refractivity contribution in [1.29, 1.82) is 0 Å². The topological polar surface area (TPSA) is 129 Å². The van der Waals surface area contributed by atoms with Crippen molar-refractivity contribution in [3.8, 4) is 0 Å². The molecule has 0 saturated carbocycles. The first-order chi connectivity index (χ1) is 13.4. The van der Waals surface area contributed by atoms with Gasteiger partial charge in [-0.05, 0) is 47.9 Å². The molecule has 0 fully saturated rings. The van der Waals surface area contributed by atoms with Crippen molar-refractivity contribution < 1.29 is 31.0 Å². The Morgan fingerprint density at radius 1 is 0.586 bits per heavy atom. The van der Waals surface area contributed by atoms with E-state index in [-0.39, 0.29) is 9.79 Å². The SMILES string of the molecule is Cc1ccc(C(O)(c2ccc(S(=O)(=O)O)cc2)c2ccc(S(=O)(=O)O)cc2)cc1. The van der Waals surface area contributed by atoms with Crippen LogP contribution in [0, 0.1) is 6.92 Å². The molecule has 3 N–H and O–H groups in total. The highest BCUT2D eigenvalue weighted by molar-refractivity contribution is 7.86. The number of aliphatic hydroxyl groups is 1. The van der Waals surface area contributed by atoms with Crippen LogP contribution in [0.2, 0.25) is 0 Å². The van der Waals surface area contributed by atoms with E-state index in [1.54, 1.807) is 24.3 Å². The van der Waals surface area contributed by atoms with Crippen LogP contribution in [0.15, 0.2) is 82.6 Å². The van der Waals surface area contributed by atoms with Gasteiger partial charge >= 0.3 is 0 Å². The molecule has 0 radical (unpaired) electrons. The third-order valence-corrected chi connectivity index (χ3v) is 6.35. The summed E-state index contributed by atoms with van der Waals surface area (Å²) in [6.45, 7) is 1.88. The van der Waals surface area contributed by atoms with E-state index in [1.165, 1.54) is 24.3 Å². The van der Waals surface area contributed by atoms with Gasteiger partial charge in [0.05, 0.1) is 9.79 Å². The van der Waals surface area contributed by atoms with E-state index in [2.05, 4.69) is 0 Å². The molecule has 0 aliphatic rings. The average molecular weight is 434 g/mol. The fourth-order valence-corrected chi connectivity index (χ4v) is 3.99. The second-order valence-electron chi connectivity index (χ2n) is 6.58. The lowest BCUT2D eigenvalue weighted by Crippen LogP contribution is -2.29. The molecule has 0 amide bonds. The highest BCUT2D eigenvalue weighted by Crippen LogP contribution is 2.37. The molecule has 3 aromatic carbocycles. The largest absolute Gasteiger partial charge is 0.376 e. The number of benzene rings is 3. The quantitative estimate of drug-likeness (QED) is 0.416. The first-order valence-electron chi connectivity index (χ1n) is 8.38. The van der Waals surface area contributed by atoms with E-state index < -0.39 is 25.8 Å². The van der Waals surface area contributed by atoms with Crippen LogP contribution in [0.5, 0.6) is 0 Å². The summed E-state index contributed by atoms with van der Waals surface area (Å²) in [5.74, 6) is 0. The Kier molecular flexibility index (Phi) is 5.37. The first-order valence-corrected chi connectivity index (χ1v) is 11.3. The third-order valence-electron chi connectivity index (χ3n) is 4.61. The lowest BCUT2D eigenvalue weighted by Gasteiger charge is -2.30. The summed E-state index contributed by atoms with van der Waals surface area (Å²) in [5, 5.41) is 11.7. The maximum atomic E-state index is 11.7. The molecule has 0 heterocycles. The van der Waals surface area contributed by atoms with Gasteiger partial charge in [-0.3, -0.25) is 9.11 Å². The van der Waals surface area contributed by atoms with E-state index in [1.807, 2.05) is 6.92 Å². The summed E-state index contributed by atoms with van der Waals surface area (Å²) >= 11 is 0. The van der Waals surface area contributed by atoms with Crippen molar-refractivity contribution in [2.75, 3.05) is 0 Å². The maximum Gasteiger partial charge on any atom is 0.294 e. The summed E-state index contributed by atoms with van der Waals surface area (Å²) in [5.41, 5.74) is 0.270. The van der Waals surface area contributed by atoms with Gasteiger partial charge in [0, 0.05) is 0 Å². The second kappa shape index (κ2) is 7.36. The van der Waals surface area contributed by atoms with Crippen molar-refractivity contribution in [3.63, 3.8) is 0 Å². The molecule has 0 aliphatic heterocycles. The zero-order chi connectivity index (χ0) is 21.4. The molecule has 7 nitrogen and oxygen atoms in total. The maximum absolute atomic E-state index is 11.7. The van der Waals surface area contributed by atoms with Gasteiger partial charge in [-0.2, -0.15) is 16.8 Å². The van der Waals surface area contributed by atoms with E-state index >= 15 is 0 Å². The second-order valence-corrected chi connectivity index (χ2v) is 9.42. The van der Waals surface area contributed by atoms with E-state index in [9.17, 15) is 31.0 Å². The minimum atomic E-state index is -4.40. The summed E-state index contributed by atoms with van der Waals surface area (Å²) in [7, 11) is -8.80. The minimum absolute atomic E-state index is 0.299. The number of aryl methyl sites for hydroxylation is 1. The van der Waals surface area contributed by atoms with Gasteiger partial charge in [0.1, 0.15) is 5.60 Å². The lowest BCUT2D eigenvalue weighted by molar-refractivity contribution is 0.125. The fourth-order valence-electron chi connectivity index (χ4n) is 3.03. The molecule has 0 atom stereocenters. The van der Waals surface area contributed by atoms with Gasteiger partial charge in [0.25, 0.3) is 20.2 Å². The Hall–Kier alpha value is -2.56. The van der Waals surface area contributed by atoms with Gasteiger partial charge in [-0.1, -0.05) is 54.1 Å². The molecule has 3 rings (SSSR count). The smallest absolute Gasteiger partial charge is 0.294 e. The van der Waals surface area contributed by atoms with Crippen LogP contribution in [-0.4, -0.2) is 31.0 Å². The van der Waals surface area contributed by atoms with Gasteiger partial charge in [0.15, 0.2) is 0 Å². The van der Waals surface area contributed by atoms with E-state index in [0.717, 1.165) is 29.8 Å². The predicted octanol–water partition coefficient (Wildman–Crippen LogP) is 2.77.